The number of rotatable bonds is 6. The van der Waals surface area contributed by atoms with Gasteiger partial charge in [0.2, 0.25) is 5.88 Å². The van der Waals surface area contributed by atoms with Crippen molar-refractivity contribution in [1.82, 2.24) is 10.1 Å². The number of nitrogens with zero attached hydrogens (tertiary/aromatic N) is 2. The van der Waals surface area contributed by atoms with Crippen molar-refractivity contribution in [2.75, 3.05) is 0 Å². The molecule has 1 saturated carbocycles. The molecule has 0 spiro atoms. The van der Waals surface area contributed by atoms with Gasteiger partial charge in [-0.25, -0.2) is 9.78 Å². The summed E-state index contributed by atoms with van der Waals surface area (Å²) >= 11 is 6.55. The fourth-order valence-electron chi connectivity index (χ4n) is 4.87. The number of benzene rings is 2. The number of halogens is 1. The monoisotopic (exact) mass is 516 g/mol. The molecule has 6 rings (SSSR count). The van der Waals surface area contributed by atoms with Gasteiger partial charge in [0.15, 0.2) is 0 Å². The van der Waals surface area contributed by atoms with Gasteiger partial charge in [0.1, 0.15) is 29.6 Å². The van der Waals surface area contributed by atoms with Gasteiger partial charge in [-0.05, 0) is 61.1 Å². The Morgan fingerprint density at radius 1 is 1.16 bits per heavy atom. The molecule has 0 amide bonds. The largest absolute Gasteiger partial charge is 0.478 e. The highest BCUT2D eigenvalue weighted by molar-refractivity contribution is 6.33. The second-order valence-corrected chi connectivity index (χ2v) is 10.1. The number of ether oxygens (including phenoxy) is 2. The maximum Gasteiger partial charge on any atom is 0.335 e. The third kappa shape index (κ3) is 4.44. The van der Waals surface area contributed by atoms with E-state index in [0.717, 1.165) is 46.5 Å². The minimum atomic E-state index is -0.990. The van der Waals surface area contributed by atoms with Crippen LogP contribution in [0.25, 0.3) is 11.3 Å². The predicted molar refractivity (Wildman–Crippen MR) is 138 cm³/mol. The molecule has 2 aromatic carbocycles. The van der Waals surface area contributed by atoms with Crippen LogP contribution in [0.1, 0.15) is 70.1 Å². The number of pyridine rings is 1. The molecular weight excluding hydrogens is 492 g/mol. The van der Waals surface area contributed by atoms with Crippen molar-refractivity contribution in [2.45, 2.75) is 51.6 Å². The molecule has 4 aromatic rings. The van der Waals surface area contributed by atoms with Crippen LogP contribution in [0.15, 0.2) is 53.1 Å². The van der Waals surface area contributed by atoms with E-state index in [1.165, 1.54) is 0 Å². The molecule has 0 radical (unpaired) electrons. The summed E-state index contributed by atoms with van der Waals surface area (Å²) in [7, 11) is 0. The summed E-state index contributed by atoms with van der Waals surface area (Å²) in [6, 6.07) is 14.3. The Bertz CT molecular complexity index is 1500. The van der Waals surface area contributed by atoms with E-state index < -0.39 is 5.97 Å². The van der Waals surface area contributed by atoms with Gasteiger partial charge in [-0.1, -0.05) is 41.9 Å². The van der Waals surface area contributed by atoms with Gasteiger partial charge in [-0.15, -0.1) is 0 Å². The van der Waals surface area contributed by atoms with Crippen LogP contribution < -0.4 is 9.47 Å². The zero-order chi connectivity index (χ0) is 25.7. The number of hydrogen-bond acceptors (Lipinski definition) is 6. The van der Waals surface area contributed by atoms with Gasteiger partial charge < -0.3 is 19.1 Å². The van der Waals surface area contributed by atoms with E-state index in [4.69, 9.17) is 30.6 Å². The van der Waals surface area contributed by atoms with Crippen molar-refractivity contribution in [2.24, 2.45) is 0 Å². The fraction of sp³-hybridized carbons (Fsp3) is 0.276. The first kappa shape index (κ1) is 23.6. The lowest BCUT2D eigenvalue weighted by molar-refractivity contribution is 0.0696. The lowest BCUT2D eigenvalue weighted by Crippen LogP contribution is -2.04. The summed E-state index contributed by atoms with van der Waals surface area (Å²) in [5, 5.41) is 14.4. The topological polar surface area (TPSA) is 94.7 Å². The lowest BCUT2D eigenvalue weighted by Gasteiger charge is -2.12. The number of aromatic carboxylic acids is 1. The van der Waals surface area contributed by atoms with Crippen molar-refractivity contribution < 1.29 is 23.9 Å². The summed E-state index contributed by atoms with van der Waals surface area (Å²) in [6.45, 7) is 4.33. The van der Waals surface area contributed by atoms with Gasteiger partial charge in [0.05, 0.1) is 21.8 Å². The molecule has 1 aliphatic heterocycles. The molecule has 0 unspecified atom stereocenters. The van der Waals surface area contributed by atoms with E-state index >= 15 is 0 Å². The fourth-order valence-corrected chi connectivity index (χ4v) is 5.18. The number of aryl methyl sites for hydroxylation is 1. The van der Waals surface area contributed by atoms with Crippen molar-refractivity contribution >= 4 is 17.6 Å². The second kappa shape index (κ2) is 9.23. The van der Waals surface area contributed by atoms with Crippen LogP contribution in [0, 0.1) is 6.92 Å². The summed E-state index contributed by atoms with van der Waals surface area (Å²) in [5.74, 6) is 1.91. The molecule has 1 atom stereocenters. The van der Waals surface area contributed by atoms with Gasteiger partial charge in [0.25, 0.3) is 0 Å². The van der Waals surface area contributed by atoms with Crippen LogP contribution in [0.2, 0.25) is 5.02 Å². The van der Waals surface area contributed by atoms with Crippen molar-refractivity contribution in [1.29, 1.82) is 0 Å². The van der Waals surface area contributed by atoms with E-state index in [0.29, 0.717) is 40.4 Å². The van der Waals surface area contributed by atoms with Crippen molar-refractivity contribution in [3.05, 3.63) is 87.3 Å². The Labute approximate surface area is 219 Å². The highest BCUT2D eigenvalue weighted by Crippen LogP contribution is 2.46. The number of aromatic nitrogens is 2. The first-order chi connectivity index (χ1) is 17.9. The predicted octanol–water partition coefficient (Wildman–Crippen LogP) is 7.30. The van der Waals surface area contributed by atoms with E-state index in [1.54, 1.807) is 18.2 Å². The number of carboxylic acid groups (broad SMARTS) is 1. The SMILES string of the molecule is Cc1cccc(Cl)c1-c1noc(C2CC2)c1COc1ccc2c(n1)C[C@@H](C)c1ccc(C(=O)O)cc1O2. The average molecular weight is 517 g/mol. The van der Waals surface area contributed by atoms with Crippen LogP contribution in [0.5, 0.6) is 17.4 Å². The molecule has 7 nitrogen and oxygen atoms in total. The molecule has 3 heterocycles. The minimum absolute atomic E-state index is 0.0937. The van der Waals surface area contributed by atoms with E-state index in [1.807, 2.05) is 37.3 Å². The van der Waals surface area contributed by atoms with Crippen molar-refractivity contribution in [3.8, 4) is 28.6 Å². The van der Waals surface area contributed by atoms with Gasteiger partial charge in [-0.2, -0.15) is 0 Å². The summed E-state index contributed by atoms with van der Waals surface area (Å²) < 4.78 is 18.1. The highest BCUT2D eigenvalue weighted by atomic mass is 35.5. The first-order valence-electron chi connectivity index (χ1n) is 12.3. The molecule has 8 heteroatoms. The molecule has 1 aliphatic carbocycles. The van der Waals surface area contributed by atoms with Crippen LogP contribution in [-0.2, 0) is 13.0 Å². The Kier molecular flexibility index (Phi) is 5.88. The molecule has 2 aromatic heterocycles. The highest BCUT2D eigenvalue weighted by Gasteiger charge is 2.33. The quantitative estimate of drug-likeness (QED) is 0.287. The Morgan fingerprint density at radius 3 is 2.76 bits per heavy atom. The second-order valence-electron chi connectivity index (χ2n) is 9.73. The van der Waals surface area contributed by atoms with Gasteiger partial charge >= 0.3 is 5.97 Å². The molecular formula is C29H25ClN2O5. The van der Waals surface area contributed by atoms with Crippen molar-refractivity contribution in [3.63, 3.8) is 0 Å². The first-order valence-corrected chi connectivity index (χ1v) is 12.7. The van der Waals surface area contributed by atoms with Crippen LogP contribution in [-0.4, -0.2) is 21.2 Å². The third-order valence-corrected chi connectivity index (χ3v) is 7.32. The molecule has 1 N–H and O–H groups in total. The van der Waals surface area contributed by atoms with Crippen LogP contribution >= 0.6 is 11.6 Å². The lowest BCUT2D eigenvalue weighted by atomic mass is 9.95. The molecule has 1 fully saturated rings. The number of carboxylic acids is 1. The number of hydrogen-bond donors (Lipinski definition) is 1. The number of fused-ring (bicyclic) bond motifs is 2. The molecule has 0 saturated heterocycles. The van der Waals surface area contributed by atoms with E-state index in [2.05, 4.69) is 12.1 Å². The maximum absolute atomic E-state index is 11.4. The maximum atomic E-state index is 11.4. The van der Waals surface area contributed by atoms with Crippen LogP contribution in [0.3, 0.4) is 0 Å². The standard InChI is InChI=1S/C29H25ClN2O5/c1-15-4-3-5-21(30)26(15)27-20(28(37-32-27)17-6-7-17)14-35-25-11-10-23-22(31-25)12-16(2)19-9-8-18(29(33)34)13-24(19)36-23/h3-5,8-11,13,16-17H,6-7,12,14H2,1-2H3,(H,33,34)/t16-/m1/s1. The van der Waals surface area contributed by atoms with Gasteiger partial charge in [0, 0.05) is 24.0 Å². The zero-order valence-electron chi connectivity index (χ0n) is 20.5. The summed E-state index contributed by atoms with van der Waals surface area (Å²) in [4.78, 5) is 16.2. The minimum Gasteiger partial charge on any atom is -0.478 e. The zero-order valence-corrected chi connectivity index (χ0v) is 21.2. The summed E-state index contributed by atoms with van der Waals surface area (Å²) in [5.41, 5.74) is 5.37. The number of carbonyl (C=O) groups is 1. The van der Waals surface area contributed by atoms with Gasteiger partial charge in [-0.3, -0.25) is 0 Å². The van der Waals surface area contributed by atoms with Crippen LogP contribution in [0.4, 0.5) is 0 Å². The summed E-state index contributed by atoms with van der Waals surface area (Å²) in [6.07, 6.45) is 2.77. The molecule has 188 valence electrons. The molecule has 2 aliphatic rings. The normalized spacial score (nSPS) is 16.4. The third-order valence-electron chi connectivity index (χ3n) is 7.01. The van der Waals surface area contributed by atoms with E-state index in [-0.39, 0.29) is 18.1 Å². The smallest absolute Gasteiger partial charge is 0.335 e. The van der Waals surface area contributed by atoms with E-state index in [9.17, 15) is 9.90 Å². The Hall–Kier alpha value is -3.84. The molecule has 37 heavy (non-hydrogen) atoms. The Balaban J connectivity index is 1.29. The molecule has 0 bridgehead atoms. The Morgan fingerprint density at radius 2 is 2.00 bits per heavy atom. The average Bonchev–Trinajstić information content (AvgIpc) is 3.65.